The number of amides is 1. The predicted molar refractivity (Wildman–Crippen MR) is 69.0 cm³/mol. The molecule has 1 amide bonds. The van der Waals surface area contributed by atoms with Crippen LogP contribution < -0.4 is 11.1 Å². The second kappa shape index (κ2) is 6.58. The zero-order chi connectivity index (χ0) is 12.9. The van der Waals surface area contributed by atoms with Crippen molar-refractivity contribution in [3.05, 3.63) is 0 Å². The average molecular weight is 262 g/mol. The first-order chi connectivity index (χ1) is 8.03. The zero-order valence-corrected chi connectivity index (χ0v) is 11.3. The molecule has 1 saturated heterocycles. The number of rotatable bonds is 5. The molecule has 1 aliphatic heterocycles. The molecule has 5 nitrogen and oxygen atoms in total. The van der Waals surface area contributed by atoms with E-state index in [2.05, 4.69) is 5.32 Å². The van der Waals surface area contributed by atoms with E-state index in [0.29, 0.717) is 26.1 Å². The molecule has 0 bridgehead atoms. The molecule has 100 valence electrons. The van der Waals surface area contributed by atoms with Gasteiger partial charge >= 0.3 is 0 Å². The van der Waals surface area contributed by atoms with Gasteiger partial charge in [0.2, 0.25) is 5.91 Å². The monoisotopic (exact) mass is 262 g/mol. The van der Waals surface area contributed by atoms with Gasteiger partial charge in [0.15, 0.2) is 0 Å². The van der Waals surface area contributed by atoms with E-state index in [0.717, 1.165) is 0 Å². The molecule has 1 aliphatic rings. The maximum Gasteiger partial charge on any atom is 0.240 e. The van der Waals surface area contributed by atoms with Crippen molar-refractivity contribution in [2.75, 3.05) is 26.1 Å². The molecule has 6 heteroatoms. The molecule has 2 unspecified atom stereocenters. The summed E-state index contributed by atoms with van der Waals surface area (Å²) in [4.78, 5) is 12.1. The Bertz CT molecular complexity index is 253. The largest absolute Gasteiger partial charge is 0.395 e. The fourth-order valence-corrected chi connectivity index (χ4v) is 2.47. The molecular weight excluding hydrogens is 240 g/mol. The maximum atomic E-state index is 12.1. The van der Waals surface area contributed by atoms with Gasteiger partial charge in [0, 0.05) is 24.5 Å². The molecule has 0 aromatic rings. The minimum Gasteiger partial charge on any atom is -0.395 e. The van der Waals surface area contributed by atoms with Crippen molar-refractivity contribution in [1.82, 2.24) is 5.32 Å². The van der Waals surface area contributed by atoms with Crippen LogP contribution in [0, 0.1) is 0 Å². The molecular formula is C11H22N2O3S. The van der Waals surface area contributed by atoms with Crippen LogP contribution in [0.15, 0.2) is 0 Å². The summed E-state index contributed by atoms with van der Waals surface area (Å²) in [6.07, 6.45) is 3.01. The van der Waals surface area contributed by atoms with Crippen molar-refractivity contribution in [3.8, 4) is 0 Å². The Hall–Kier alpha value is -0.300. The van der Waals surface area contributed by atoms with Gasteiger partial charge in [-0.3, -0.25) is 4.79 Å². The maximum absolute atomic E-state index is 12.1. The summed E-state index contributed by atoms with van der Waals surface area (Å²) < 4.78 is 5.21. The Kier molecular flexibility index (Phi) is 5.72. The van der Waals surface area contributed by atoms with E-state index in [9.17, 15) is 4.79 Å². The molecule has 17 heavy (non-hydrogen) atoms. The first-order valence-corrected chi connectivity index (χ1v) is 7.13. The number of carbonyl (C=O) groups excluding carboxylic acids is 1. The summed E-state index contributed by atoms with van der Waals surface area (Å²) in [5.41, 5.74) is 5.26. The van der Waals surface area contributed by atoms with Gasteiger partial charge in [-0.05, 0) is 26.0 Å². The van der Waals surface area contributed by atoms with E-state index in [-0.39, 0.29) is 23.8 Å². The van der Waals surface area contributed by atoms with E-state index in [1.807, 2.05) is 13.2 Å². The highest BCUT2D eigenvalue weighted by Gasteiger charge is 2.37. The van der Waals surface area contributed by atoms with Crippen LogP contribution >= 0.6 is 11.8 Å². The minimum atomic E-state index is -0.815. The number of carbonyl (C=O) groups is 1. The third-order valence-electron chi connectivity index (χ3n) is 3.24. The summed E-state index contributed by atoms with van der Waals surface area (Å²) in [6, 6.07) is -0.0919. The van der Waals surface area contributed by atoms with Crippen LogP contribution in [0.5, 0.6) is 0 Å². The van der Waals surface area contributed by atoms with E-state index in [4.69, 9.17) is 15.6 Å². The number of aliphatic hydroxyl groups excluding tert-OH is 1. The van der Waals surface area contributed by atoms with Crippen molar-refractivity contribution in [1.29, 1.82) is 0 Å². The standard InChI is InChI=1S/C11H22N2O3S/c1-8(9(7-14)17-2)13-10(15)11(12)3-5-16-6-4-11/h8-9,14H,3-7,12H2,1-2H3,(H,13,15). The van der Waals surface area contributed by atoms with Crippen molar-refractivity contribution < 1.29 is 14.6 Å². The summed E-state index contributed by atoms with van der Waals surface area (Å²) in [5, 5.41) is 12.1. The lowest BCUT2D eigenvalue weighted by Crippen LogP contribution is -2.59. The fourth-order valence-electron chi connectivity index (χ4n) is 1.84. The van der Waals surface area contributed by atoms with E-state index in [1.165, 1.54) is 11.8 Å². The van der Waals surface area contributed by atoms with Gasteiger partial charge in [-0.2, -0.15) is 11.8 Å². The van der Waals surface area contributed by atoms with Crippen LogP contribution in [0.3, 0.4) is 0 Å². The smallest absolute Gasteiger partial charge is 0.240 e. The number of nitrogens with one attached hydrogen (secondary N) is 1. The molecule has 1 heterocycles. The molecule has 2 atom stereocenters. The quantitative estimate of drug-likeness (QED) is 0.635. The Morgan fingerprint density at radius 1 is 1.59 bits per heavy atom. The average Bonchev–Trinajstić information content (AvgIpc) is 2.31. The van der Waals surface area contributed by atoms with E-state index in [1.54, 1.807) is 0 Å². The van der Waals surface area contributed by atoms with Crippen LogP contribution in [-0.4, -0.2) is 53.9 Å². The third kappa shape index (κ3) is 3.84. The summed E-state index contributed by atoms with van der Waals surface area (Å²) >= 11 is 1.54. The van der Waals surface area contributed by atoms with Crippen molar-refractivity contribution in [2.24, 2.45) is 5.73 Å². The summed E-state index contributed by atoms with van der Waals surface area (Å²) in [7, 11) is 0. The van der Waals surface area contributed by atoms with Gasteiger partial charge in [-0.15, -0.1) is 0 Å². The van der Waals surface area contributed by atoms with Crippen LogP contribution in [0.2, 0.25) is 0 Å². The second-order valence-corrected chi connectivity index (χ2v) is 5.56. The lowest BCUT2D eigenvalue weighted by atomic mass is 9.90. The molecule has 0 aromatic carbocycles. The summed E-state index contributed by atoms with van der Waals surface area (Å²) in [6.45, 7) is 3.00. The predicted octanol–water partition coefficient (Wildman–Crippen LogP) is -0.277. The topological polar surface area (TPSA) is 84.6 Å². The van der Waals surface area contributed by atoms with Crippen LogP contribution in [-0.2, 0) is 9.53 Å². The highest BCUT2D eigenvalue weighted by Crippen LogP contribution is 2.19. The number of hydrogen-bond donors (Lipinski definition) is 3. The number of nitrogens with two attached hydrogens (primary N) is 1. The highest BCUT2D eigenvalue weighted by molar-refractivity contribution is 7.99. The molecule has 0 aliphatic carbocycles. The fraction of sp³-hybridized carbons (Fsp3) is 0.909. The van der Waals surface area contributed by atoms with Gasteiger partial charge < -0.3 is 20.9 Å². The first kappa shape index (κ1) is 14.8. The number of ether oxygens (including phenoxy) is 1. The minimum absolute atomic E-state index is 0.00221. The van der Waals surface area contributed by atoms with Gasteiger partial charge in [0.05, 0.1) is 12.1 Å². The van der Waals surface area contributed by atoms with Crippen LogP contribution in [0.4, 0.5) is 0 Å². The molecule has 1 rings (SSSR count). The van der Waals surface area contributed by atoms with Gasteiger partial charge in [-0.25, -0.2) is 0 Å². The number of aliphatic hydroxyl groups is 1. The molecule has 0 radical (unpaired) electrons. The lowest BCUT2D eigenvalue weighted by molar-refractivity contribution is -0.130. The van der Waals surface area contributed by atoms with Crippen molar-refractivity contribution in [3.63, 3.8) is 0 Å². The van der Waals surface area contributed by atoms with Crippen LogP contribution in [0.25, 0.3) is 0 Å². The first-order valence-electron chi connectivity index (χ1n) is 5.85. The Morgan fingerprint density at radius 2 is 2.18 bits per heavy atom. The Balaban J connectivity index is 2.52. The van der Waals surface area contributed by atoms with Crippen LogP contribution in [0.1, 0.15) is 19.8 Å². The number of thioether (sulfide) groups is 1. The normalized spacial score (nSPS) is 22.8. The molecule has 0 spiro atoms. The van der Waals surface area contributed by atoms with Crippen molar-refractivity contribution >= 4 is 17.7 Å². The molecule has 1 fully saturated rings. The number of hydrogen-bond acceptors (Lipinski definition) is 5. The van der Waals surface area contributed by atoms with Gasteiger partial charge in [0.25, 0.3) is 0 Å². The zero-order valence-electron chi connectivity index (χ0n) is 10.4. The van der Waals surface area contributed by atoms with E-state index >= 15 is 0 Å². The third-order valence-corrected chi connectivity index (χ3v) is 4.40. The Morgan fingerprint density at radius 3 is 2.65 bits per heavy atom. The van der Waals surface area contributed by atoms with Gasteiger partial charge in [0.1, 0.15) is 0 Å². The molecule has 0 aromatic heterocycles. The lowest BCUT2D eigenvalue weighted by Gasteiger charge is -2.34. The summed E-state index contributed by atoms with van der Waals surface area (Å²) in [5.74, 6) is -0.138. The van der Waals surface area contributed by atoms with Gasteiger partial charge in [-0.1, -0.05) is 0 Å². The molecule has 0 saturated carbocycles. The molecule has 4 N–H and O–H groups in total. The highest BCUT2D eigenvalue weighted by atomic mass is 32.2. The Labute approximate surface area is 106 Å². The second-order valence-electron chi connectivity index (χ2n) is 4.49. The van der Waals surface area contributed by atoms with Crippen molar-refractivity contribution in [2.45, 2.75) is 36.6 Å². The van der Waals surface area contributed by atoms with E-state index < -0.39 is 5.54 Å². The SMILES string of the molecule is CSC(CO)C(C)NC(=O)C1(N)CCOCC1.